The SMILES string of the molecule is O=[N+]([O-])c1ccc(Cl)cc1Oc1nc(Cl)nnc1Cl. The molecule has 19 heavy (non-hydrogen) atoms. The number of hydrogen-bond acceptors (Lipinski definition) is 6. The first-order chi connectivity index (χ1) is 8.97. The van der Waals surface area contributed by atoms with Gasteiger partial charge in [0.15, 0.2) is 0 Å². The molecule has 0 unspecified atom stereocenters. The minimum Gasteiger partial charge on any atom is -0.429 e. The molecular formula is C9H3Cl3N4O3. The number of nitrogens with zero attached hydrogens (tertiary/aromatic N) is 4. The van der Waals surface area contributed by atoms with E-state index in [-0.39, 0.29) is 32.8 Å². The van der Waals surface area contributed by atoms with E-state index in [4.69, 9.17) is 39.5 Å². The fourth-order valence-corrected chi connectivity index (χ4v) is 1.57. The monoisotopic (exact) mass is 320 g/mol. The molecule has 0 fully saturated rings. The van der Waals surface area contributed by atoms with E-state index in [2.05, 4.69) is 15.2 Å². The van der Waals surface area contributed by atoms with Gasteiger partial charge >= 0.3 is 5.69 Å². The Morgan fingerprint density at radius 1 is 1.21 bits per heavy atom. The van der Waals surface area contributed by atoms with Crippen molar-refractivity contribution in [1.29, 1.82) is 0 Å². The van der Waals surface area contributed by atoms with Crippen molar-refractivity contribution in [3.8, 4) is 11.6 Å². The van der Waals surface area contributed by atoms with Crippen LogP contribution in [0.15, 0.2) is 18.2 Å². The maximum absolute atomic E-state index is 10.9. The molecule has 0 radical (unpaired) electrons. The zero-order chi connectivity index (χ0) is 14.0. The maximum Gasteiger partial charge on any atom is 0.311 e. The first kappa shape index (κ1) is 13.7. The van der Waals surface area contributed by atoms with Crippen LogP contribution in [0.2, 0.25) is 15.5 Å². The number of aromatic nitrogens is 3. The Balaban J connectivity index is 2.45. The molecule has 0 amide bonds. The Morgan fingerprint density at radius 3 is 2.63 bits per heavy atom. The van der Waals surface area contributed by atoms with Crippen LogP contribution in [0.1, 0.15) is 0 Å². The molecule has 2 aromatic rings. The maximum atomic E-state index is 10.9. The Bertz CT molecular complexity index is 653. The van der Waals surface area contributed by atoms with Crippen molar-refractivity contribution in [1.82, 2.24) is 15.2 Å². The zero-order valence-corrected chi connectivity index (χ0v) is 11.1. The molecule has 1 aromatic carbocycles. The smallest absolute Gasteiger partial charge is 0.311 e. The Kier molecular flexibility index (Phi) is 3.98. The van der Waals surface area contributed by atoms with Gasteiger partial charge in [0.05, 0.1) is 4.92 Å². The highest BCUT2D eigenvalue weighted by atomic mass is 35.5. The van der Waals surface area contributed by atoms with E-state index in [1.807, 2.05) is 0 Å². The molecule has 98 valence electrons. The van der Waals surface area contributed by atoms with Gasteiger partial charge in [0, 0.05) is 17.2 Å². The second kappa shape index (κ2) is 5.52. The predicted octanol–water partition coefficient (Wildman–Crippen LogP) is 3.53. The van der Waals surface area contributed by atoms with E-state index in [1.165, 1.54) is 18.2 Å². The number of ether oxygens (including phenoxy) is 1. The predicted molar refractivity (Wildman–Crippen MR) is 68.0 cm³/mol. The quantitative estimate of drug-likeness (QED) is 0.634. The molecule has 0 bridgehead atoms. The van der Waals surface area contributed by atoms with Crippen molar-refractivity contribution in [2.75, 3.05) is 0 Å². The van der Waals surface area contributed by atoms with Gasteiger partial charge in [-0.2, -0.15) is 4.98 Å². The Hall–Kier alpha value is -1.70. The lowest BCUT2D eigenvalue weighted by molar-refractivity contribution is -0.385. The lowest BCUT2D eigenvalue weighted by Crippen LogP contribution is -1.97. The standard InChI is InChI=1S/C9H3Cl3N4O3/c10-4-1-2-5(16(17)18)6(3-4)19-8-7(11)14-15-9(12)13-8/h1-3H. The number of nitro groups is 1. The van der Waals surface area contributed by atoms with Gasteiger partial charge in [-0.1, -0.05) is 23.2 Å². The molecule has 0 N–H and O–H groups in total. The van der Waals surface area contributed by atoms with E-state index in [0.29, 0.717) is 0 Å². The third kappa shape index (κ3) is 3.19. The van der Waals surface area contributed by atoms with Crippen molar-refractivity contribution in [3.05, 3.63) is 43.8 Å². The van der Waals surface area contributed by atoms with Gasteiger partial charge in [0.2, 0.25) is 16.2 Å². The number of benzene rings is 1. The average molecular weight is 322 g/mol. The van der Waals surface area contributed by atoms with E-state index in [9.17, 15) is 10.1 Å². The number of rotatable bonds is 3. The first-order valence-corrected chi connectivity index (χ1v) is 5.78. The molecule has 0 saturated carbocycles. The highest BCUT2D eigenvalue weighted by Crippen LogP contribution is 2.34. The molecular weight excluding hydrogens is 318 g/mol. The molecule has 0 spiro atoms. The van der Waals surface area contributed by atoms with Crippen LogP contribution in [0.4, 0.5) is 5.69 Å². The summed E-state index contributed by atoms with van der Waals surface area (Å²) in [5, 5.41) is 17.6. The van der Waals surface area contributed by atoms with Gasteiger partial charge in [0.1, 0.15) is 0 Å². The van der Waals surface area contributed by atoms with Crippen LogP contribution >= 0.6 is 34.8 Å². The molecule has 1 heterocycles. The molecule has 2 rings (SSSR count). The summed E-state index contributed by atoms with van der Waals surface area (Å²) in [6.45, 7) is 0. The molecule has 0 atom stereocenters. The Labute approximate surface area is 121 Å². The minimum atomic E-state index is -0.629. The third-order valence-corrected chi connectivity index (χ3v) is 2.55. The van der Waals surface area contributed by atoms with Crippen LogP contribution in [-0.4, -0.2) is 20.1 Å². The molecule has 0 aliphatic carbocycles. The van der Waals surface area contributed by atoms with Gasteiger partial charge in [-0.15, -0.1) is 10.2 Å². The van der Waals surface area contributed by atoms with Crippen LogP contribution in [0.5, 0.6) is 11.6 Å². The minimum absolute atomic E-state index is 0.129. The zero-order valence-electron chi connectivity index (χ0n) is 8.88. The van der Waals surface area contributed by atoms with Crippen molar-refractivity contribution in [2.24, 2.45) is 0 Å². The topological polar surface area (TPSA) is 91.0 Å². The molecule has 0 saturated heterocycles. The Morgan fingerprint density at radius 2 is 1.95 bits per heavy atom. The second-order valence-electron chi connectivity index (χ2n) is 3.15. The van der Waals surface area contributed by atoms with Crippen LogP contribution in [0, 0.1) is 10.1 Å². The summed E-state index contributed by atoms with van der Waals surface area (Å²) >= 11 is 17.0. The second-order valence-corrected chi connectivity index (χ2v) is 4.28. The van der Waals surface area contributed by atoms with Crippen molar-refractivity contribution < 1.29 is 9.66 Å². The summed E-state index contributed by atoms with van der Waals surface area (Å²) in [6, 6.07) is 3.81. The molecule has 0 aliphatic heterocycles. The van der Waals surface area contributed by atoms with Crippen molar-refractivity contribution in [2.45, 2.75) is 0 Å². The highest BCUT2D eigenvalue weighted by molar-refractivity contribution is 6.31. The van der Waals surface area contributed by atoms with Gasteiger partial charge in [-0.3, -0.25) is 10.1 Å². The van der Waals surface area contributed by atoms with Crippen LogP contribution in [-0.2, 0) is 0 Å². The van der Waals surface area contributed by atoms with E-state index in [0.717, 1.165) is 0 Å². The van der Waals surface area contributed by atoms with Gasteiger partial charge < -0.3 is 4.74 Å². The summed E-state index contributed by atoms with van der Waals surface area (Å²) < 4.78 is 5.21. The van der Waals surface area contributed by atoms with Gasteiger partial charge in [-0.25, -0.2) is 0 Å². The lowest BCUT2D eigenvalue weighted by atomic mass is 10.3. The normalized spacial score (nSPS) is 10.3. The molecule has 1 aromatic heterocycles. The number of nitro benzene ring substituents is 1. The third-order valence-electron chi connectivity index (χ3n) is 1.92. The average Bonchev–Trinajstić information content (AvgIpc) is 2.33. The summed E-state index contributed by atoms with van der Waals surface area (Å²) in [5.74, 6) is -0.331. The summed E-state index contributed by atoms with van der Waals surface area (Å²) in [5.41, 5.74) is -0.296. The van der Waals surface area contributed by atoms with Gasteiger partial charge in [0.25, 0.3) is 5.88 Å². The fraction of sp³-hybridized carbons (Fsp3) is 0. The summed E-state index contributed by atoms with van der Waals surface area (Å²) in [7, 11) is 0. The fourth-order valence-electron chi connectivity index (χ4n) is 1.17. The van der Waals surface area contributed by atoms with E-state index < -0.39 is 4.92 Å². The van der Waals surface area contributed by atoms with Crippen molar-refractivity contribution in [3.63, 3.8) is 0 Å². The van der Waals surface area contributed by atoms with Crippen LogP contribution in [0.25, 0.3) is 0 Å². The molecule has 10 heteroatoms. The first-order valence-electron chi connectivity index (χ1n) is 4.65. The van der Waals surface area contributed by atoms with E-state index >= 15 is 0 Å². The van der Waals surface area contributed by atoms with Gasteiger partial charge in [-0.05, 0) is 17.7 Å². The van der Waals surface area contributed by atoms with Crippen LogP contribution in [0.3, 0.4) is 0 Å². The summed E-state index contributed by atoms with van der Waals surface area (Å²) in [6.07, 6.45) is 0. The largest absolute Gasteiger partial charge is 0.429 e. The number of halogens is 3. The summed E-state index contributed by atoms with van der Waals surface area (Å²) in [4.78, 5) is 13.9. The number of hydrogen-bond donors (Lipinski definition) is 0. The highest BCUT2D eigenvalue weighted by Gasteiger charge is 2.19. The van der Waals surface area contributed by atoms with Crippen LogP contribution < -0.4 is 4.74 Å². The molecule has 0 aliphatic rings. The lowest BCUT2D eigenvalue weighted by Gasteiger charge is -2.06. The van der Waals surface area contributed by atoms with Crippen molar-refractivity contribution >= 4 is 40.5 Å². The molecule has 7 nitrogen and oxygen atoms in total. The van der Waals surface area contributed by atoms with E-state index in [1.54, 1.807) is 0 Å².